The van der Waals surface area contributed by atoms with Gasteiger partial charge in [-0.3, -0.25) is 9.78 Å². The first kappa shape index (κ1) is 16.0. The summed E-state index contributed by atoms with van der Waals surface area (Å²) < 4.78 is 5.61. The van der Waals surface area contributed by atoms with Crippen LogP contribution < -0.4 is 21.1 Å². The molecule has 2 unspecified atom stereocenters. The van der Waals surface area contributed by atoms with Crippen molar-refractivity contribution in [3.63, 3.8) is 0 Å². The quantitative estimate of drug-likeness (QED) is 0.613. The molecule has 0 saturated carbocycles. The van der Waals surface area contributed by atoms with Crippen molar-refractivity contribution in [2.24, 2.45) is 0 Å². The molecule has 0 bridgehead atoms. The second-order valence-corrected chi connectivity index (χ2v) is 5.23. The maximum Gasteiger partial charge on any atom is 0.327 e. The van der Waals surface area contributed by atoms with Crippen molar-refractivity contribution < 1.29 is 14.6 Å². The number of hydrazine groups is 2. The maximum atomic E-state index is 11.1. The second kappa shape index (κ2) is 7.10. The summed E-state index contributed by atoms with van der Waals surface area (Å²) in [6.07, 6.45) is 1.02. The zero-order valence-electron chi connectivity index (χ0n) is 12.9. The van der Waals surface area contributed by atoms with Crippen LogP contribution in [0.15, 0.2) is 42.6 Å². The van der Waals surface area contributed by atoms with Crippen LogP contribution in [0, 0.1) is 18.8 Å². The van der Waals surface area contributed by atoms with Crippen molar-refractivity contribution in [1.29, 1.82) is 0 Å². The van der Waals surface area contributed by atoms with Crippen molar-refractivity contribution in [2.45, 2.75) is 19.2 Å². The molecule has 0 radical (unpaired) electrons. The number of nitrogens with one attached hydrogen (secondary N) is 3. The van der Waals surface area contributed by atoms with E-state index in [1.807, 2.05) is 31.2 Å². The van der Waals surface area contributed by atoms with Gasteiger partial charge < -0.3 is 9.84 Å². The first-order valence-corrected chi connectivity index (χ1v) is 7.32. The fourth-order valence-electron chi connectivity index (χ4n) is 2.17. The van der Waals surface area contributed by atoms with Crippen molar-refractivity contribution in [3.8, 4) is 17.6 Å². The van der Waals surface area contributed by atoms with E-state index in [9.17, 15) is 4.79 Å². The Morgan fingerprint density at radius 3 is 2.62 bits per heavy atom. The van der Waals surface area contributed by atoms with Crippen molar-refractivity contribution in [3.05, 3.63) is 59.4 Å². The Bertz CT molecular complexity index is 795. The second-order valence-electron chi connectivity index (χ2n) is 5.23. The summed E-state index contributed by atoms with van der Waals surface area (Å²) >= 11 is 0. The number of pyridine rings is 1. The Kier molecular flexibility index (Phi) is 4.72. The SMILES string of the molecule is Cc1cc(C#Cc2ccc(OC3NNNC3C(=O)O)cc2)ccn1. The third kappa shape index (κ3) is 3.88. The number of rotatable bonds is 3. The summed E-state index contributed by atoms with van der Waals surface area (Å²) in [7, 11) is 0. The first-order chi connectivity index (χ1) is 11.6. The minimum absolute atomic E-state index is 0.551. The molecule has 1 aliphatic rings. The molecule has 7 heteroatoms. The number of hydrogen-bond donors (Lipinski definition) is 4. The average Bonchev–Trinajstić information content (AvgIpc) is 3.03. The van der Waals surface area contributed by atoms with Gasteiger partial charge in [-0.2, -0.15) is 5.53 Å². The molecule has 0 amide bonds. The number of aromatic nitrogens is 1. The highest BCUT2D eigenvalue weighted by Crippen LogP contribution is 2.15. The predicted octanol–water partition coefficient (Wildman–Crippen LogP) is 0.560. The Balaban J connectivity index is 1.67. The fraction of sp³-hybridized carbons (Fsp3) is 0.176. The molecule has 7 nitrogen and oxygen atoms in total. The van der Waals surface area contributed by atoms with E-state index in [2.05, 4.69) is 33.2 Å². The lowest BCUT2D eigenvalue weighted by Crippen LogP contribution is -2.44. The number of aliphatic carboxylic acids is 1. The van der Waals surface area contributed by atoms with Gasteiger partial charge in [0.05, 0.1) is 0 Å². The summed E-state index contributed by atoms with van der Waals surface area (Å²) in [6.45, 7) is 1.92. The zero-order chi connectivity index (χ0) is 16.9. The summed E-state index contributed by atoms with van der Waals surface area (Å²) in [5, 5.41) is 9.06. The van der Waals surface area contributed by atoms with Crippen molar-refractivity contribution in [2.75, 3.05) is 0 Å². The van der Waals surface area contributed by atoms with Crippen LogP contribution in [0.2, 0.25) is 0 Å². The van der Waals surface area contributed by atoms with Crippen LogP contribution in [0.4, 0.5) is 0 Å². The summed E-state index contributed by atoms with van der Waals surface area (Å²) in [6, 6.07) is 10.0. The third-order valence-electron chi connectivity index (χ3n) is 3.38. The molecule has 2 heterocycles. The number of nitrogens with zero attached hydrogens (tertiary/aromatic N) is 1. The van der Waals surface area contributed by atoms with Crippen LogP contribution in [0.25, 0.3) is 0 Å². The van der Waals surface area contributed by atoms with Crippen LogP contribution in [-0.4, -0.2) is 28.3 Å². The molecule has 1 saturated heterocycles. The van der Waals surface area contributed by atoms with Crippen molar-refractivity contribution >= 4 is 5.97 Å². The van der Waals surface area contributed by atoms with Gasteiger partial charge in [0.1, 0.15) is 5.75 Å². The van der Waals surface area contributed by atoms with Gasteiger partial charge >= 0.3 is 5.97 Å². The van der Waals surface area contributed by atoms with E-state index in [1.165, 1.54) is 0 Å². The Morgan fingerprint density at radius 1 is 1.17 bits per heavy atom. The van der Waals surface area contributed by atoms with E-state index in [4.69, 9.17) is 9.84 Å². The largest absolute Gasteiger partial charge is 0.480 e. The molecule has 1 aromatic carbocycles. The number of carboxylic acid groups (broad SMARTS) is 1. The maximum absolute atomic E-state index is 11.1. The van der Waals surface area contributed by atoms with Gasteiger partial charge in [-0.05, 0) is 43.3 Å². The lowest BCUT2D eigenvalue weighted by Gasteiger charge is -2.16. The minimum Gasteiger partial charge on any atom is -0.480 e. The Hall–Kier alpha value is -2.92. The molecule has 1 aliphatic heterocycles. The molecule has 1 aromatic heterocycles. The summed E-state index contributed by atoms with van der Waals surface area (Å²) in [5.74, 6) is 5.69. The monoisotopic (exact) mass is 324 g/mol. The van der Waals surface area contributed by atoms with E-state index in [1.54, 1.807) is 18.3 Å². The molecule has 3 rings (SSSR count). The van der Waals surface area contributed by atoms with Gasteiger partial charge in [0.25, 0.3) is 0 Å². The van der Waals surface area contributed by atoms with Crippen molar-refractivity contribution in [1.82, 2.24) is 21.4 Å². The molecule has 2 aromatic rings. The predicted molar refractivity (Wildman–Crippen MR) is 86.6 cm³/mol. The summed E-state index contributed by atoms with van der Waals surface area (Å²) in [5.41, 5.74) is 10.5. The molecular formula is C17H16N4O3. The Labute approximate surface area is 139 Å². The summed E-state index contributed by atoms with van der Waals surface area (Å²) in [4.78, 5) is 15.2. The van der Waals surface area contributed by atoms with E-state index >= 15 is 0 Å². The fourth-order valence-corrected chi connectivity index (χ4v) is 2.17. The molecule has 2 atom stereocenters. The smallest absolute Gasteiger partial charge is 0.327 e. The lowest BCUT2D eigenvalue weighted by molar-refractivity contribution is -0.141. The van der Waals surface area contributed by atoms with Gasteiger partial charge in [-0.1, -0.05) is 11.8 Å². The van der Waals surface area contributed by atoms with E-state index in [-0.39, 0.29) is 0 Å². The topological polar surface area (TPSA) is 95.5 Å². The number of carboxylic acids is 1. The van der Waals surface area contributed by atoms with Gasteiger partial charge in [0, 0.05) is 23.0 Å². The van der Waals surface area contributed by atoms with Crippen LogP contribution in [0.3, 0.4) is 0 Å². The normalized spacial score (nSPS) is 19.4. The van der Waals surface area contributed by atoms with Crippen LogP contribution >= 0.6 is 0 Å². The number of aryl methyl sites for hydroxylation is 1. The van der Waals surface area contributed by atoms with Gasteiger partial charge in [-0.15, -0.1) is 0 Å². The molecule has 0 aliphatic carbocycles. The Morgan fingerprint density at radius 2 is 1.92 bits per heavy atom. The highest BCUT2D eigenvalue weighted by Gasteiger charge is 2.34. The van der Waals surface area contributed by atoms with Crippen LogP contribution in [0.5, 0.6) is 5.75 Å². The third-order valence-corrected chi connectivity index (χ3v) is 3.38. The molecule has 4 N–H and O–H groups in total. The number of hydrogen-bond acceptors (Lipinski definition) is 6. The van der Waals surface area contributed by atoms with Gasteiger partial charge in [0.2, 0.25) is 0 Å². The van der Waals surface area contributed by atoms with E-state index in [0.29, 0.717) is 5.75 Å². The lowest BCUT2D eigenvalue weighted by atomic mass is 10.2. The molecule has 24 heavy (non-hydrogen) atoms. The van der Waals surface area contributed by atoms with Gasteiger partial charge in [0.15, 0.2) is 12.3 Å². The van der Waals surface area contributed by atoms with E-state index in [0.717, 1.165) is 16.8 Å². The standard InChI is InChI=1S/C17H16N4O3/c1-11-10-13(8-9-18-11)3-2-12-4-6-14(7-5-12)24-16-15(17(22)23)19-21-20-16/h4-10,15-16,19-21H,1H3,(H,22,23). The molecular weight excluding hydrogens is 308 g/mol. The van der Waals surface area contributed by atoms with Gasteiger partial charge in [-0.25, -0.2) is 10.9 Å². The molecule has 0 spiro atoms. The highest BCUT2D eigenvalue weighted by atomic mass is 16.5. The number of benzene rings is 1. The number of carbonyl (C=O) groups is 1. The molecule has 1 fully saturated rings. The van der Waals surface area contributed by atoms with Crippen LogP contribution in [-0.2, 0) is 4.79 Å². The minimum atomic E-state index is -1.01. The van der Waals surface area contributed by atoms with Crippen LogP contribution in [0.1, 0.15) is 16.8 Å². The zero-order valence-corrected chi connectivity index (χ0v) is 12.9. The van der Waals surface area contributed by atoms with E-state index < -0.39 is 18.2 Å². The highest BCUT2D eigenvalue weighted by molar-refractivity contribution is 5.74. The molecule has 122 valence electrons. The average molecular weight is 324 g/mol. The first-order valence-electron chi connectivity index (χ1n) is 7.32. The number of ether oxygens (including phenoxy) is 1.